The van der Waals surface area contributed by atoms with Crippen LogP contribution in [0.25, 0.3) is 10.8 Å². The van der Waals surface area contributed by atoms with E-state index in [2.05, 4.69) is 26.7 Å². The summed E-state index contributed by atoms with van der Waals surface area (Å²) < 4.78 is 6.11. The summed E-state index contributed by atoms with van der Waals surface area (Å²) in [6.45, 7) is 1.99. The Hall–Kier alpha value is -2.37. The Morgan fingerprint density at radius 1 is 1.16 bits per heavy atom. The molecule has 128 valence electrons. The molecule has 25 heavy (non-hydrogen) atoms. The van der Waals surface area contributed by atoms with Crippen LogP contribution in [-0.2, 0) is 0 Å². The van der Waals surface area contributed by atoms with E-state index >= 15 is 0 Å². The van der Waals surface area contributed by atoms with Crippen LogP contribution in [0.3, 0.4) is 0 Å². The molecule has 1 aliphatic rings. The summed E-state index contributed by atoms with van der Waals surface area (Å²) in [5.74, 6) is 1.68. The minimum absolute atomic E-state index is 0.241. The second kappa shape index (κ2) is 7.25. The van der Waals surface area contributed by atoms with E-state index in [1.807, 2.05) is 24.3 Å². The summed E-state index contributed by atoms with van der Waals surface area (Å²) in [7, 11) is 0. The summed E-state index contributed by atoms with van der Waals surface area (Å²) in [5, 5.41) is 9.25. The van der Waals surface area contributed by atoms with Gasteiger partial charge >= 0.3 is 0 Å². The van der Waals surface area contributed by atoms with Gasteiger partial charge < -0.3 is 15.4 Å². The molecule has 6 heteroatoms. The van der Waals surface area contributed by atoms with Gasteiger partial charge in [0.1, 0.15) is 22.8 Å². The molecule has 0 aliphatic carbocycles. The van der Waals surface area contributed by atoms with Crippen molar-refractivity contribution in [3.63, 3.8) is 0 Å². The number of pyridine rings is 2. The van der Waals surface area contributed by atoms with Gasteiger partial charge in [0.2, 0.25) is 0 Å². The van der Waals surface area contributed by atoms with Crippen LogP contribution in [0.5, 0.6) is 5.75 Å². The number of piperidine rings is 1. The number of halogens is 1. The second-order valence-corrected chi connectivity index (χ2v) is 6.51. The molecule has 0 bridgehead atoms. The number of hydrogen-bond donors (Lipinski definition) is 2. The third kappa shape index (κ3) is 3.83. The highest BCUT2D eigenvalue weighted by Gasteiger charge is 2.14. The quantitative estimate of drug-likeness (QED) is 0.689. The van der Waals surface area contributed by atoms with Gasteiger partial charge in [0.25, 0.3) is 0 Å². The van der Waals surface area contributed by atoms with E-state index in [1.165, 1.54) is 0 Å². The van der Waals surface area contributed by atoms with Crippen LogP contribution in [0.15, 0.2) is 48.8 Å². The maximum absolute atomic E-state index is 6.11. The summed E-state index contributed by atoms with van der Waals surface area (Å²) in [6, 6.07) is 11.7. The van der Waals surface area contributed by atoms with Crippen LogP contribution < -0.4 is 15.4 Å². The largest absolute Gasteiger partial charge is 0.489 e. The third-order valence-corrected chi connectivity index (χ3v) is 4.50. The van der Waals surface area contributed by atoms with Gasteiger partial charge in [-0.2, -0.15) is 0 Å². The summed E-state index contributed by atoms with van der Waals surface area (Å²) in [4.78, 5) is 8.53. The zero-order chi connectivity index (χ0) is 17.1. The van der Waals surface area contributed by atoms with Crippen molar-refractivity contribution >= 4 is 33.9 Å². The maximum atomic E-state index is 6.11. The molecule has 1 saturated heterocycles. The predicted octanol–water partition coefficient (Wildman–Crippen LogP) is 4.16. The Bertz CT molecular complexity index is 863. The molecule has 0 radical (unpaired) electrons. The molecular formula is C19H19ClN4O. The average molecular weight is 355 g/mol. The monoisotopic (exact) mass is 354 g/mol. The van der Waals surface area contributed by atoms with Crippen molar-refractivity contribution in [3.05, 3.63) is 53.9 Å². The zero-order valence-corrected chi connectivity index (χ0v) is 14.5. The number of aromatic nitrogens is 2. The highest BCUT2D eigenvalue weighted by atomic mass is 35.5. The van der Waals surface area contributed by atoms with Crippen molar-refractivity contribution in [1.82, 2.24) is 15.3 Å². The molecule has 0 spiro atoms. The lowest BCUT2D eigenvalue weighted by Crippen LogP contribution is -2.37. The van der Waals surface area contributed by atoms with Crippen molar-refractivity contribution in [1.29, 1.82) is 0 Å². The summed E-state index contributed by atoms with van der Waals surface area (Å²) >= 11 is 5.83. The van der Waals surface area contributed by atoms with Gasteiger partial charge in [0, 0.05) is 18.1 Å². The second-order valence-electron chi connectivity index (χ2n) is 6.12. The van der Waals surface area contributed by atoms with Gasteiger partial charge in [-0.15, -0.1) is 0 Å². The van der Waals surface area contributed by atoms with Gasteiger partial charge in [-0.05, 0) is 61.2 Å². The van der Waals surface area contributed by atoms with E-state index < -0.39 is 0 Å². The topological polar surface area (TPSA) is 59.1 Å². The molecule has 0 saturated carbocycles. The minimum atomic E-state index is 0.241. The predicted molar refractivity (Wildman–Crippen MR) is 101 cm³/mol. The van der Waals surface area contributed by atoms with Crippen LogP contribution in [0.2, 0.25) is 5.15 Å². The Morgan fingerprint density at radius 2 is 2.12 bits per heavy atom. The number of nitrogens with zero attached hydrogens (tertiary/aromatic N) is 2. The highest BCUT2D eigenvalue weighted by molar-refractivity contribution is 6.29. The van der Waals surface area contributed by atoms with Crippen molar-refractivity contribution in [3.8, 4) is 5.75 Å². The van der Waals surface area contributed by atoms with Gasteiger partial charge in [-0.3, -0.25) is 0 Å². The number of fused-ring (bicyclic) bond motifs is 1. The minimum Gasteiger partial charge on any atom is -0.489 e. The van der Waals surface area contributed by atoms with Crippen LogP contribution in [0.4, 0.5) is 11.5 Å². The van der Waals surface area contributed by atoms with E-state index in [-0.39, 0.29) is 6.10 Å². The molecule has 1 aromatic carbocycles. The van der Waals surface area contributed by atoms with Gasteiger partial charge in [-0.25, -0.2) is 9.97 Å². The van der Waals surface area contributed by atoms with Gasteiger partial charge in [-0.1, -0.05) is 11.6 Å². The van der Waals surface area contributed by atoms with Crippen LogP contribution >= 0.6 is 11.6 Å². The van der Waals surface area contributed by atoms with Crippen molar-refractivity contribution < 1.29 is 4.74 Å². The number of ether oxygens (including phenoxy) is 1. The number of benzene rings is 1. The van der Waals surface area contributed by atoms with Crippen molar-refractivity contribution in [2.75, 3.05) is 18.4 Å². The first-order valence-electron chi connectivity index (χ1n) is 8.43. The summed E-state index contributed by atoms with van der Waals surface area (Å²) in [5.41, 5.74) is 0.845. The third-order valence-electron chi connectivity index (χ3n) is 4.28. The Labute approximate surface area is 151 Å². The standard InChI is InChI=1S/C19H19ClN4O/c20-18-6-3-14(11-23-18)24-19-17-5-4-15(10-13(17)7-9-22-19)25-16-2-1-8-21-12-16/h3-7,9-11,16,21H,1-2,8,12H2,(H,22,24). The number of nitrogens with one attached hydrogen (secondary N) is 2. The first kappa shape index (κ1) is 16.1. The molecule has 5 nitrogen and oxygen atoms in total. The number of rotatable bonds is 4. The molecule has 0 amide bonds. The maximum Gasteiger partial charge on any atom is 0.138 e. The SMILES string of the molecule is Clc1ccc(Nc2nccc3cc(OC4CCCNC4)ccc23)cn1. The van der Waals surface area contributed by atoms with Crippen LogP contribution in [0.1, 0.15) is 12.8 Å². The van der Waals surface area contributed by atoms with Crippen LogP contribution in [-0.4, -0.2) is 29.2 Å². The fraction of sp³-hybridized carbons (Fsp3) is 0.263. The van der Waals surface area contributed by atoms with E-state index in [0.717, 1.165) is 54.0 Å². The van der Waals surface area contributed by atoms with E-state index in [0.29, 0.717) is 5.15 Å². The van der Waals surface area contributed by atoms with E-state index in [9.17, 15) is 0 Å². The van der Waals surface area contributed by atoms with Crippen molar-refractivity contribution in [2.45, 2.75) is 18.9 Å². The first-order chi connectivity index (χ1) is 12.3. The molecule has 1 aliphatic heterocycles. The van der Waals surface area contributed by atoms with E-state index in [4.69, 9.17) is 16.3 Å². The molecule has 1 atom stereocenters. The molecule has 1 fully saturated rings. The zero-order valence-electron chi connectivity index (χ0n) is 13.7. The smallest absolute Gasteiger partial charge is 0.138 e. The van der Waals surface area contributed by atoms with Gasteiger partial charge in [0.15, 0.2) is 0 Å². The first-order valence-corrected chi connectivity index (χ1v) is 8.80. The fourth-order valence-electron chi connectivity index (χ4n) is 3.03. The number of hydrogen-bond acceptors (Lipinski definition) is 5. The summed E-state index contributed by atoms with van der Waals surface area (Å²) in [6.07, 6.45) is 5.98. The lowest BCUT2D eigenvalue weighted by Gasteiger charge is -2.24. The van der Waals surface area contributed by atoms with Crippen molar-refractivity contribution in [2.24, 2.45) is 0 Å². The van der Waals surface area contributed by atoms with Crippen LogP contribution in [0, 0.1) is 0 Å². The average Bonchev–Trinajstić information content (AvgIpc) is 2.64. The highest BCUT2D eigenvalue weighted by Crippen LogP contribution is 2.28. The lowest BCUT2D eigenvalue weighted by molar-refractivity contribution is 0.167. The molecule has 1 unspecified atom stereocenters. The molecule has 3 heterocycles. The molecule has 2 N–H and O–H groups in total. The molecule has 4 rings (SSSR count). The number of anilines is 2. The Balaban J connectivity index is 1.57. The lowest BCUT2D eigenvalue weighted by atomic mass is 10.1. The Kier molecular flexibility index (Phi) is 4.68. The molecular weight excluding hydrogens is 336 g/mol. The normalized spacial score (nSPS) is 17.4. The fourth-order valence-corrected chi connectivity index (χ4v) is 3.14. The van der Waals surface area contributed by atoms with E-state index in [1.54, 1.807) is 18.5 Å². The molecule has 2 aromatic heterocycles. The van der Waals surface area contributed by atoms with Gasteiger partial charge in [0.05, 0.1) is 11.9 Å². The Morgan fingerprint density at radius 3 is 2.92 bits per heavy atom. The molecule has 3 aromatic rings.